The molecule has 2 aromatic rings. The molecule has 0 N–H and O–H groups in total. The van der Waals surface area contributed by atoms with Crippen LogP contribution in [0.4, 0.5) is 0 Å². The van der Waals surface area contributed by atoms with E-state index in [9.17, 15) is 4.79 Å². The van der Waals surface area contributed by atoms with Gasteiger partial charge in [-0.05, 0) is 25.5 Å². The van der Waals surface area contributed by atoms with Crippen LogP contribution in [-0.2, 0) is 17.9 Å². The van der Waals surface area contributed by atoms with Gasteiger partial charge in [0.25, 0.3) is 0 Å². The number of carbonyl (C=O) groups is 1. The Balaban J connectivity index is 1.53. The van der Waals surface area contributed by atoms with E-state index in [1.165, 1.54) is 5.56 Å². The summed E-state index contributed by atoms with van der Waals surface area (Å²) in [4.78, 5) is 17.2. The average molecular weight is 454 g/mol. The molecule has 146 valence electrons. The minimum absolute atomic E-state index is 0.117. The fourth-order valence-electron chi connectivity index (χ4n) is 3.50. The molecule has 0 bridgehead atoms. The molecule has 0 aliphatic carbocycles. The number of nitrogens with zero attached hydrogens (tertiary/aromatic N) is 4. The van der Waals surface area contributed by atoms with E-state index in [0.717, 1.165) is 48.6 Å². The summed E-state index contributed by atoms with van der Waals surface area (Å²) in [6, 6.07) is 8.31. The first-order valence-corrected chi connectivity index (χ1v) is 10.5. The van der Waals surface area contributed by atoms with Crippen LogP contribution in [0.1, 0.15) is 23.9 Å². The van der Waals surface area contributed by atoms with E-state index < -0.39 is 0 Å². The highest BCUT2D eigenvalue weighted by Crippen LogP contribution is 2.21. The third kappa shape index (κ3) is 4.73. The van der Waals surface area contributed by atoms with Crippen molar-refractivity contribution in [2.24, 2.45) is 5.92 Å². The van der Waals surface area contributed by atoms with E-state index in [4.69, 9.17) is 11.6 Å². The molecule has 0 saturated carbocycles. The lowest BCUT2D eigenvalue weighted by molar-refractivity contribution is -0.137. The van der Waals surface area contributed by atoms with Gasteiger partial charge in [-0.3, -0.25) is 14.4 Å². The summed E-state index contributed by atoms with van der Waals surface area (Å²) < 4.78 is 2.99. The molecular weight excluding hydrogens is 428 g/mol. The zero-order valence-electron chi connectivity index (χ0n) is 16.1. The monoisotopic (exact) mass is 452 g/mol. The quantitative estimate of drug-likeness (QED) is 0.689. The van der Waals surface area contributed by atoms with Crippen molar-refractivity contribution in [2.75, 3.05) is 26.2 Å². The minimum atomic E-state index is -0.117. The van der Waals surface area contributed by atoms with Gasteiger partial charge in [0.2, 0.25) is 5.91 Å². The predicted molar refractivity (Wildman–Crippen MR) is 112 cm³/mol. The van der Waals surface area contributed by atoms with Crippen LogP contribution in [0.3, 0.4) is 0 Å². The zero-order valence-corrected chi connectivity index (χ0v) is 18.4. The third-order valence-corrected chi connectivity index (χ3v) is 6.52. The molecule has 1 unspecified atom stereocenters. The summed E-state index contributed by atoms with van der Waals surface area (Å²) in [5, 5.41) is 5.14. The Morgan fingerprint density at radius 1 is 1.22 bits per heavy atom. The van der Waals surface area contributed by atoms with E-state index in [1.807, 2.05) is 36.4 Å². The number of hydrogen-bond acceptors (Lipinski definition) is 3. The highest BCUT2D eigenvalue weighted by atomic mass is 79.9. The van der Waals surface area contributed by atoms with E-state index in [0.29, 0.717) is 11.6 Å². The lowest BCUT2D eigenvalue weighted by atomic mass is 10.1. The van der Waals surface area contributed by atoms with Crippen molar-refractivity contribution in [3.8, 4) is 0 Å². The van der Waals surface area contributed by atoms with Crippen LogP contribution in [0.15, 0.2) is 28.7 Å². The molecule has 1 aliphatic heterocycles. The molecule has 1 saturated heterocycles. The van der Waals surface area contributed by atoms with Crippen molar-refractivity contribution >= 4 is 33.4 Å². The first-order valence-electron chi connectivity index (χ1n) is 9.31. The van der Waals surface area contributed by atoms with Crippen LogP contribution < -0.4 is 0 Å². The number of hydrogen-bond donors (Lipinski definition) is 0. The molecule has 27 heavy (non-hydrogen) atoms. The Kier molecular flexibility index (Phi) is 6.61. The van der Waals surface area contributed by atoms with Crippen molar-refractivity contribution in [3.05, 3.63) is 50.7 Å². The number of halogens is 2. The van der Waals surface area contributed by atoms with E-state index in [2.05, 4.69) is 44.1 Å². The SMILES string of the molecule is Cc1nn(CC(C)C(=O)N2CCN(Cc3ccccc3Br)CC2)c(C)c1Cl. The second kappa shape index (κ2) is 8.76. The van der Waals surface area contributed by atoms with E-state index >= 15 is 0 Å². The molecule has 5 nitrogen and oxygen atoms in total. The number of aryl methyl sites for hydroxylation is 1. The van der Waals surface area contributed by atoms with Crippen molar-refractivity contribution < 1.29 is 4.79 Å². The number of carbonyl (C=O) groups excluding carboxylic acids is 1. The smallest absolute Gasteiger partial charge is 0.227 e. The molecule has 1 aliphatic rings. The number of benzene rings is 1. The lowest BCUT2D eigenvalue weighted by Crippen LogP contribution is -2.50. The molecule has 0 spiro atoms. The number of piperazine rings is 1. The molecule has 0 radical (unpaired) electrons. The van der Waals surface area contributed by atoms with E-state index in [1.54, 1.807) is 0 Å². The number of aromatic nitrogens is 2. The Labute approximate surface area is 174 Å². The minimum Gasteiger partial charge on any atom is -0.340 e. The van der Waals surface area contributed by atoms with Gasteiger partial charge in [0, 0.05) is 37.2 Å². The van der Waals surface area contributed by atoms with Crippen molar-refractivity contribution in [2.45, 2.75) is 33.9 Å². The van der Waals surface area contributed by atoms with Gasteiger partial charge >= 0.3 is 0 Å². The van der Waals surface area contributed by atoms with Crippen molar-refractivity contribution in [3.63, 3.8) is 0 Å². The molecule has 7 heteroatoms. The van der Waals surface area contributed by atoms with Gasteiger partial charge < -0.3 is 4.90 Å². The molecule has 2 heterocycles. The summed E-state index contributed by atoms with van der Waals surface area (Å²) >= 11 is 9.83. The normalized spacial score (nSPS) is 16.6. The third-order valence-electron chi connectivity index (χ3n) is 5.20. The summed E-state index contributed by atoms with van der Waals surface area (Å²) in [5.41, 5.74) is 3.02. The van der Waals surface area contributed by atoms with Crippen LogP contribution in [0, 0.1) is 19.8 Å². The Morgan fingerprint density at radius 3 is 2.48 bits per heavy atom. The lowest BCUT2D eigenvalue weighted by Gasteiger charge is -2.36. The number of rotatable bonds is 5. The summed E-state index contributed by atoms with van der Waals surface area (Å²) in [7, 11) is 0. The molecule has 1 amide bonds. The first-order chi connectivity index (χ1) is 12.9. The van der Waals surface area contributed by atoms with Crippen LogP contribution in [0.2, 0.25) is 5.02 Å². The van der Waals surface area contributed by atoms with Gasteiger partial charge in [-0.2, -0.15) is 5.10 Å². The molecule has 1 fully saturated rings. The average Bonchev–Trinajstić information content (AvgIpc) is 2.90. The van der Waals surface area contributed by atoms with Crippen LogP contribution >= 0.6 is 27.5 Å². The standard InChI is InChI=1S/C20H26BrClN4O/c1-14(12-26-16(3)19(22)15(2)23-26)20(27)25-10-8-24(9-11-25)13-17-6-4-5-7-18(17)21/h4-7,14H,8-13H2,1-3H3. The summed E-state index contributed by atoms with van der Waals surface area (Å²) in [6.07, 6.45) is 0. The zero-order chi connectivity index (χ0) is 19.6. The highest BCUT2D eigenvalue weighted by molar-refractivity contribution is 9.10. The van der Waals surface area contributed by atoms with Crippen LogP contribution in [-0.4, -0.2) is 51.7 Å². The van der Waals surface area contributed by atoms with Gasteiger partial charge in [0.15, 0.2) is 0 Å². The van der Waals surface area contributed by atoms with Gasteiger partial charge in [-0.25, -0.2) is 0 Å². The number of amides is 1. The fourth-order valence-corrected chi connectivity index (χ4v) is 4.04. The Bertz CT molecular complexity index is 814. The molecule has 1 aromatic heterocycles. The largest absolute Gasteiger partial charge is 0.340 e. The summed E-state index contributed by atoms with van der Waals surface area (Å²) in [6.45, 7) is 10.6. The van der Waals surface area contributed by atoms with Gasteiger partial charge in [-0.1, -0.05) is 52.7 Å². The Morgan fingerprint density at radius 2 is 1.89 bits per heavy atom. The van der Waals surface area contributed by atoms with Crippen molar-refractivity contribution in [1.82, 2.24) is 19.6 Å². The Hall–Kier alpha value is -1.37. The second-order valence-corrected chi connectivity index (χ2v) is 8.49. The first kappa shape index (κ1) is 20.4. The van der Waals surface area contributed by atoms with Crippen molar-refractivity contribution in [1.29, 1.82) is 0 Å². The maximum absolute atomic E-state index is 12.9. The summed E-state index contributed by atoms with van der Waals surface area (Å²) in [5.74, 6) is 0.0769. The molecular formula is C20H26BrClN4O. The molecule has 3 rings (SSSR count). The maximum atomic E-state index is 12.9. The van der Waals surface area contributed by atoms with Crippen LogP contribution in [0.25, 0.3) is 0 Å². The van der Waals surface area contributed by atoms with Gasteiger partial charge in [0.1, 0.15) is 0 Å². The van der Waals surface area contributed by atoms with E-state index in [-0.39, 0.29) is 11.8 Å². The second-order valence-electron chi connectivity index (χ2n) is 7.26. The van der Waals surface area contributed by atoms with Gasteiger partial charge in [-0.15, -0.1) is 0 Å². The molecule has 1 aromatic carbocycles. The molecule has 1 atom stereocenters. The van der Waals surface area contributed by atoms with Crippen LogP contribution in [0.5, 0.6) is 0 Å². The van der Waals surface area contributed by atoms with Gasteiger partial charge in [0.05, 0.1) is 28.9 Å². The maximum Gasteiger partial charge on any atom is 0.227 e. The fraction of sp³-hybridized carbons (Fsp3) is 0.500. The highest BCUT2D eigenvalue weighted by Gasteiger charge is 2.26. The topological polar surface area (TPSA) is 41.4 Å². The predicted octanol–water partition coefficient (Wildman–Crippen LogP) is 3.90.